The second-order valence-electron chi connectivity index (χ2n) is 6.74. The van der Waals surface area contributed by atoms with E-state index in [-0.39, 0.29) is 28.8 Å². The number of nitrogens with zero attached hydrogens (tertiary/aromatic N) is 5. The van der Waals surface area contributed by atoms with Gasteiger partial charge in [0.05, 0.1) is 0 Å². The summed E-state index contributed by atoms with van der Waals surface area (Å²) in [5.74, 6) is -0.530. The number of rotatable bonds is 4. The minimum atomic E-state index is -3.69. The van der Waals surface area contributed by atoms with Crippen molar-refractivity contribution in [3.8, 4) is 17.4 Å². The zero-order chi connectivity index (χ0) is 22.9. The molecule has 11 nitrogen and oxygen atoms in total. The van der Waals surface area contributed by atoms with Gasteiger partial charge in [-0.25, -0.2) is 14.8 Å². The Labute approximate surface area is 194 Å². The van der Waals surface area contributed by atoms with E-state index >= 15 is 0 Å². The van der Waals surface area contributed by atoms with Gasteiger partial charge in [0.2, 0.25) is 0 Å². The van der Waals surface area contributed by atoms with E-state index in [1.807, 2.05) is 0 Å². The zero-order valence-electron chi connectivity index (χ0n) is 17.2. The minimum absolute atomic E-state index is 0.100. The first-order valence-electron chi connectivity index (χ1n) is 9.16. The van der Waals surface area contributed by atoms with Gasteiger partial charge in [-0.1, -0.05) is 0 Å². The van der Waals surface area contributed by atoms with E-state index in [1.165, 1.54) is 31.1 Å². The fraction of sp³-hybridized carbons (Fsp3) is 0.333. The van der Waals surface area contributed by atoms with Crippen LogP contribution in [0.3, 0.4) is 0 Å². The van der Waals surface area contributed by atoms with Crippen LogP contribution >= 0.6 is 0 Å². The van der Waals surface area contributed by atoms with E-state index in [4.69, 9.17) is 4.74 Å². The molecule has 0 spiro atoms. The Hall–Kier alpha value is -2.31. The number of hydrogen-bond acceptors (Lipinski definition) is 8. The summed E-state index contributed by atoms with van der Waals surface area (Å²) in [4.78, 5) is 31.1. The molecule has 0 aliphatic carbocycles. The molecule has 0 N–H and O–H groups in total. The Balaban J connectivity index is 0.000000185. The van der Waals surface area contributed by atoms with Crippen molar-refractivity contribution in [2.45, 2.75) is 14.9 Å². The van der Waals surface area contributed by atoms with Gasteiger partial charge < -0.3 is 9.67 Å². The number of benzene rings is 1. The van der Waals surface area contributed by atoms with E-state index in [1.54, 1.807) is 25.2 Å². The summed E-state index contributed by atoms with van der Waals surface area (Å²) >= 11 is 0.499. The van der Waals surface area contributed by atoms with E-state index in [9.17, 15) is 23.1 Å². The van der Waals surface area contributed by atoms with Crippen LogP contribution in [0.15, 0.2) is 40.3 Å². The number of hydrogen-bond donors (Lipinski definition) is 0. The second kappa shape index (κ2) is 9.05. The molecule has 1 atom stereocenters. The molecule has 1 aromatic carbocycles. The van der Waals surface area contributed by atoms with Crippen LogP contribution < -0.4 is 10.8 Å². The average Bonchev–Trinajstić information content (AvgIpc) is 3.33. The minimum Gasteiger partial charge on any atom is -0.858 e. The molecule has 0 fully saturated rings. The van der Waals surface area contributed by atoms with Crippen molar-refractivity contribution in [1.29, 1.82) is 0 Å². The van der Waals surface area contributed by atoms with E-state index in [0.717, 1.165) is 12.8 Å². The van der Waals surface area contributed by atoms with E-state index < -0.39 is 27.5 Å². The third kappa shape index (κ3) is 4.11. The molecule has 3 aliphatic rings. The quantitative estimate of drug-likeness (QED) is 0.351. The van der Waals surface area contributed by atoms with Crippen molar-refractivity contribution < 1.29 is 49.2 Å². The van der Waals surface area contributed by atoms with Crippen molar-refractivity contribution in [2.24, 2.45) is 14.1 Å². The molecule has 0 radical (unpaired) electrons. The van der Waals surface area contributed by atoms with Gasteiger partial charge in [0.1, 0.15) is 12.0 Å². The van der Waals surface area contributed by atoms with Crippen molar-refractivity contribution in [2.75, 3.05) is 13.7 Å². The Morgan fingerprint density at radius 2 is 1.84 bits per heavy atom. The number of carbonyl (C=O) groups is 1. The fourth-order valence-electron chi connectivity index (χ4n) is 3.10. The van der Waals surface area contributed by atoms with Gasteiger partial charge in [0, 0.05) is 14.1 Å². The molecule has 1 amide bonds. The van der Waals surface area contributed by atoms with Crippen molar-refractivity contribution in [3.63, 3.8) is 0 Å². The Morgan fingerprint density at radius 1 is 1.16 bits per heavy atom. The second-order valence-corrected chi connectivity index (χ2v) is 10.8. The number of amides is 1. The fourth-order valence-corrected chi connectivity index (χ4v) is 6.32. The summed E-state index contributed by atoms with van der Waals surface area (Å²) in [6.45, 7) is 0.107. The standard InChI is InChI=1S/C11H12NO4S.C7H8N4O2.Hg/c1-8(16-2)7-12-11(13)9-5-3-4-6-10(9)17(12,14)15;1-10-5-4(8-3-9-5)6(12)11(2)7(10)13;/h3-6,8H,1,7H2,2H3;3,12H,1-2H3;/q;;+1/p-1. The third-order valence-electron chi connectivity index (χ3n) is 4.91. The van der Waals surface area contributed by atoms with Crippen molar-refractivity contribution in [3.05, 3.63) is 46.6 Å². The number of fused-ring (bicyclic) bond motifs is 2. The van der Waals surface area contributed by atoms with E-state index in [2.05, 4.69) is 9.97 Å². The monoisotopic (exact) mass is 635 g/mol. The van der Waals surface area contributed by atoms with Gasteiger partial charge in [0.15, 0.2) is 5.82 Å². The predicted molar refractivity (Wildman–Crippen MR) is 103 cm³/mol. The van der Waals surface area contributed by atoms with Crippen LogP contribution in [0.25, 0.3) is 11.5 Å². The average molecular weight is 634 g/mol. The smallest absolute Gasteiger partial charge is 0.328 e. The van der Waals surface area contributed by atoms with Crippen LogP contribution in [-0.2, 0) is 55.0 Å². The number of methoxy groups -OCH3 is 1. The number of imidazole rings is 1. The molecule has 31 heavy (non-hydrogen) atoms. The molecule has 13 heteroatoms. The summed E-state index contributed by atoms with van der Waals surface area (Å²) in [5, 5.41) is 11.4. The van der Waals surface area contributed by atoms with Gasteiger partial charge in [0.25, 0.3) is 0 Å². The molecule has 4 rings (SSSR count). The van der Waals surface area contributed by atoms with Gasteiger partial charge in [-0.15, -0.1) is 0 Å². The van der Waals surface area contributed by atoms with Crippen molar-refractivity contribution in [1.82, 2.24) is 23.4 Å². The molecule has 1 unspecified atom stereocenters. The maximum Gasteiger partial charge on any atom is 0.328 e. The SMILES string of the molecule is COC([CH2][Hg+])CN1C(=O)c2ccccc2S1(=O)=O.Cn1c2ncnc-2c([O-])n(C)c1=O. The van der Waals surface area contributed by atoms with Crippen LogP contribution in [-0.4, -0.2) is 57.5 Å². The predicted octanol–water partition coefficient (Wildman–Crippen LogP) is -0.497. The van der Waals surface area contributed by atoms with Crippen LogP contribution in [0, 0.1) is 0 Å². The summed E-state index contributed by atoms with van der Waals surface area (Å²) < 4.78 is 33.7. The number of aromatic nitrogens is 4. The van der Waals surface area contributed by atoms with Gasteiger partial charge in [-0.05, 0) is 5.88 Å². The first-order chi connectivity index (χ1) is 14.6. The molecule has 0 saturated carbocycles. The number of ether oxygens (including phenoxy) is 1. The first-order valence-corrected chi connectivity index (χ1v) is 14.5. The van der Waals surface area contributed by atoms with Crippen LogP contribution in [0.4, 0.5) is 0 Å². The normalized spacial score (nSPS) is 15.5. The number of sulfonamides is 1. The Kier molecular flexibility index (Phi) is 6.81. The maximum absolute atomic E-state index is 12.2. The molecular formula is C18H19HgN5O6S. The number of carbonyl (C=O) groups excluding carboxylic acids is 1. The summed E-state index contributed by atoms with van der Waals surface area (Å²) in [7, 11) is 0.824. The van der Waals surface area contributed by atoms with Gasteiger partial charge in [-0.2, -0.15) is 0 Å². The van der Waals surface area contributed by atoms with E-state index in [0.29, 0.717) is 31.9 Å². The molecule has 0 saturated heterocycles. The molecular weight excluding hydrogens is 615 g/mol. The molecule has 160 valence electrons. The van der Waals surface area contributed by atoms with Crippen molar-refractivity contribution >= 4 is 15.9 Å². The molecule has 3 aliphatic heterocycles. The zero-order valence-corrected chi connectivity index (χ0v) is 23.5. The summed E-state index contributed by atoms with van der Waals surface area (Å²) in [6.07, 6.45) is 1.08. The Bertz CT molecular complexity index is 1250. The van der Waals surface area contributed by atoms with Gasteiger partial charge >= 0.3 is 128 Å². The van der Waals surface area contributed by atoms with Gasteiger partial charge in [-0.3, -0.25) is 4.57 Å². The summed E-state index contributed by atoms with van der Waals surface area (Å²) in [6, 6.07) is 6.30. The largest absolute Gasteiger partial charge is 0.858 e. The third-order valence-corrected chi connectivity index (χ3v) is 9.22. The summed E-state index contributed by atoms with van der Waals surface area (Å²) in [5.41, 5.74) is 0.0909. The Morgan fingerprint density at radius 3 is 2.45 bits per heavy atom. The molecule has 0 aromatic heterocycles. The van der Waals surface area contributed by atoms with Crippen LogP contribution in [0.2, 0.25) is 3.93 Å². The molecule has 1 aromatic rings. The first kappa shape index (κ1) is 23.4. The van der Waals surface area contributed by atoms with Crippen LogP contribution in [0.5, 0.6) is 5.88 Å². The van der Waals surface area contributed by atoms with Crippen LogP contribution in [0.1, 0.15) is 10.4 Å². The topological polar surface area (TPSA) is 139 Å². The maximum atomic E-state index is 12.2. The molecule has 0 bridgehead atoms. The molecule has 3 heterocycles.